The van der Waals surface area contributed by atoms with E-state index in [0.29, 0.717) is 36.3 Å². The fraction of sp³-hybridized carbons (Fsp3) is 0.361. The zero-order valence-electron chi connectivity index (χ0n) is 27.5. The molecule has 4 heterocycles. The zero-order valence-corrected chi connectivity index (χ0v) is 27.5. The van der Waals surface area contributed by atoms with Crippen LogP contribution in [0, 0.1) is 17.8 Å². The number of allylic oxidation sites excluding steroid dienone is 3. The summed E-state index contributed by atoms with van der Waals surface area (Å²) in [6.45, 7) is 6.52. The van der Waals surface area contributed by atoms with Crippen molar-refractivity contribution in [1.29, 1.82) is 0 Å². The number of piperazine rings is 1. The van der Waals surface area contributed by atoms with Crippen LogP contribution in [0.1, 0.15) is 42.7 Å². The first kappa shape index (κ1) is 33.1. The number of nitrogens with zero attached hydrogens (tertiary/aromatic N) is 6. The molecule has 1 saturated heterocycles. The van der Waals surface area contributed by atoms with Crippen molar-refractivity contribution in [3.05, 3.63) is 101 Å². The molecule has 0 saturated carbocycles. The Bertz CT molecular complexity index is 1940. The molecule has 2 N–H and O–H groups in total. The third-order valence-electron chi connectivity index (χ3n) is 9.08. The predicted molar refractivity (Wildman–Crippen MR) is 179 cm³/mol. The number of hydrogen-bond acceptors (Lipinski definition) is 6. The van der Waals surface area contributed by atoms with Gasteiger partial charge in [-0.25, -0.2) is 4.98 Å². The van der Waals surface area contributed by atoms with Crippen LogP contribution < -0.4 is 10.6 Å². The number of aromatic nitrogens is 4. The van der Waals surface area contributed by atoms with Crippen molar-refractivity contribution in [3.8, 4) is 11.8 Å². The van der Waals surface area contributed by atoms with Crippen molar-refractivity contribution in [2.24, 2.45) is 13.0 Å². The maximum absolute atomic E-state index is 14.1. The minimum Gasteiger partial charge on any atom is -0.350 e. The standard InChI is InChI=1S/C36H39F3N8O/c1-24-7-9-28(17-27(24)11-12-31-20-40-34-33(6-5-13-47(31)34)43-30-19-42-45(4)23-30)35(48)41-18-26-8-10-29(32(16-26)36(37,38)39)22-46-15-14-44(3)25(2)21-46/h5-10,13,16,19-20,23,25,27,43H,14-15,17-18,21-22H2,1-4H3,(H,41,48)/t25-,27?/m1/s1. The van der Waals surface area contributed by atoms with Crippen LogP contribution in [-0.2, 0) is 31.1 Å². The second kappa shape index (κ2) is 13.7. The third kappa shape index (κ3) is 7.48. The monoisotopic (exact) mass is 656 g/mol. The highest BCUT2D eigenvalue weighted by molar-refractivity contribution is 5.94. The van der Waals surface area contributed by atoms with Crippen LogP contribution in [-0.4, -0.2) is 67.6 Å². The summed E-state index contributed by atoms with van der Waals surface area (Å²) in [4.78, 5) is 22.0. The van der Waals surface area contributed by atoms with E-state index in [1.54, 1.807) is 35.3 Å². The fourth-order valence-corrected chi connectivity index (χ4v) is 6.07. The average molecular weight is 657 g/mol. The number of carbonyl (C=O) groups is 1. The molecule has 1 amide bonds. The lowest BCUT2D eigenvalue weighted by Crippen LogP contribution is -2.49. The van der Waals surface area contributed by atoms with Crippen molar-refractivity contribution in [1.82, 2.24) is 34.3 Å². The number of rotatable bonds is 7. The molecule has 1 aliphatic carbocycles. The van der Waals surface area contributed by atoms with E-state index in [0.717, 1.165) is 35.2 Å². The smallest absolute Gasteiger partial charge is 0.350 e. The average Bonchev–Trinajstić information content (AvgIpc) is 3.67. The highest BCUT2D eigenvalue weighted by Gasteiger charge is 2.34. The minimum atomic E-state index is -4.49. The zero-order chi connectivity index (χ0) is 34.0. The number of alkyl halides is 3. The number of halogens is 3. The summed E-state index contributed by atoms with van der Waals surface area (Å²) >= 11 is 0. The molecule has 48 heavy (non-hydrogen) atoms. The Hall–Kier alpha value is -4.86. The Kier molecular flexibility index (Phi) is 9.44. The maximum atomic E-state index is 14.1. The SMILES string of the molecule is CC1=CC=C(C(=O)NCc2ccc(CN3CCN(C)[C@H](C)C3)c(C(F)(F)F)c2)CC1C#Cc1cnc2c(Nc3cnn(C)c3)cccn12. The number of hydrogen-bond donors (Lipinski definition) is 2. The molecular formula is C36H39F3N8O. The fourth-order valence-electron chi connectivity index (χ4n) is 6.07. The number of fused-ring (bicyclic) bond motifs is 1. The second-order valence-corrected chi connectivity index (χ2v) is 12.7. The number of aryl methyl sites for hydroxylation is 1. The van der Waals surface area contributed by atoms with Crippen molar-refractivity contribution < 1.29 is 18.0 Å². The summed E-state index contributed by atoms with van der Waals surface area (Å²) in [7, 11) is 3.88. The lowest BCUT2D eigenvalue weighted by atomic mass is 9.88. The summed E-state index contributed by atoms with van der Waals surface area (Å²) in [5, 5.41) is 10.3. The summed E-state index contributed by atoms with van der Waals surface area (Å²) in [6.07, 6.45) is 6.75. The molecule has 0 spiro atoms. The molecule has 0 bridgehead atoms. The van der Waals surface area contributed by atoms with Crippen LogP contribution in [0.5, 0.6) is 0 Å². The van der Waals surface area contributed by atoms with Gasteiger partial charge in [0.25, 0.3) is 0 Å². The first-order valence-electron chi connectivity index (χ1n) is 15.9. The molecule has 2 atom stereocenters. The van der Waals surface area contributed by atoms with Crippen molar-refractivity contribution in [3.63, 3.8) is 0 Å². The number of nitrogens with one attached hydrogen (secondary N) is 2. The third-order valence-corrected chi connectivity index (χ3v) is 9.08. The Labute approximate surface area is 278 Å². The lowest BCUT2D eigenvalue weighted by molar-refractivity contribution is -0.138. The van der Waals surface area contributed by atoms with Gasteiger partial charge in [-0.1, -0.05) is 35.8 Å². The molecule has 1 unspecified atom stereocenters. The van der Waals surface area contributed by atoms with Gasteiger partial charge in [-0.15, -0.1) is 0 Å². The Morgan fingerprint density at radius 2 is 1.96 bits per heavy atom. The second-order valence-electron chi connectivity index (χ2n) is 12.7. The molecule has 6 rings (SSSR count). The number of anilines is 2. The molecule has 2 aliphatic rings. The number of pyridine rings is 1. The van der Waals surface area contributed by atoms with Gasteiger partial charge in [0.15, 0.2) is 5.65 Å². The first-order valence-corrected chi connectivity index (χ1v) is 15.9. The largest absolute Gasteiger partial charge is 0.416 e. The van der Waals surface area contributed by atoms with Gasteiger partial charge in [0.2, 0.25) is 5.91 Å². The predicted octanol–water partition coefficient (Wildman–Crippen LogP) is 5.53. The summed E-state index contributed by atoms with van der Waals surface area (Å²) in [6, 6.07) is 8.50. The number of imidazole rings is 1. The molecule has 3 aromatic heterocycles. The Morgan fingerprint density at radius 3 is 2.71 bits per heavy atom. The highest BCUT2D eigenvalue weighted by Crippen LogP contribution is 2.34. The molecule has 4 aromatic rings. The molecular weight excluding hydrogens is 617 g/mol. The normalized spacial score (nSPS) is 19.0. The van der Waals surface area contributed by atoms with Crippen molar-refractivity contribution in [2.45, 2.75) is 45.6 Å². The molecule has 9 nitrogen and oxygen atoms in total. The van der Waals surface area contributed by atoms with E-state index in [1.807, 2.05) is 56.0 Å². The van der Waals surface area contributed by atoms with Gasteiger partial charge in [0.05, 0.1) is 29.3 Å². The number of carbonyl (C=O) groups excluding carboxylic acids is 1. The lowest BCUT2D eigenvalue weighted by Gasteiger charge is -2.38. The van der Waals surface area contributed by atoms with Crippen LogP contribution in [0.2, 0.25) is 0 Å². The minimum absolute atomic E-state index is 0.0126. The van der Waals surface area contributed by atoms with Crippen molar-refractivity contribution >= 4 is 22.9 Å². The van der Waals surface area contributed by atoms with Gasteiger partial charge in [-0.2, -0.15) is 18.3 Å². The van der Waals surface area contributed by atoms with Gasteiger partial charge >= 0.3 is 6.18 Å². The highest BCUT2D eigenvalue weighted by atomic mass is 19.4. The number of likely N-dealkylation sites (N-methyl/N-ethyl adjacent to an activating group) is 1. The number of amides is 1. The quantitative estimate of drug-likeness (QED) is 0.255. The van der Waals surface area contributed by atoms with Gasteiger partial charge in [-0.3, -0.25) is 18.8 Å². The van der Waals surface area contributed by atoms with Crippen LogP contribution in [0.4, 0.5) is 24.5 Å². The maximum Gasteiger partial charge on any atom is 0.416 e. The Morgan fingerprint density at radius 1 is 1.12 bits per heavy atom. The van der Waals surface area contributed by atoms with E-state index < -0.39 is 11.7 Å². The molecule has 1 aromatic carbocycles. The van der Waals surface area contributed by atoms with Crippen LogP contribution >= 0.6 is 0 Å². The van der Waals surface area contributed by atoms with E-state index in [1.165, 1.54) is 0 Å². The summed E-state index contributed by atoms with van der Waals surface area (Å²) in [5.41, 5.74) is 4.63. The van der Waals surface area contributed by atoms with Crippen LogP contribution in [0.15, 0.2) is 78.4 Å². The van der Waals surface area contributed by atoms with Gasteiger partial charge in [-0.05, 0) is 62.6 Å². The van der Waals surface area contributed by atoms with Gasteiger partial charge in [0.1, 0.15) is 5.69 Å². The van der Waals surface area contributed by atoms with E-state index in [-0.39, 0.29) is 36.5 Å². The van der Waals surface area contributed by atoms with E-state index in [2.05, 4.69) is 49.3 Å². The van der Waals surface area contributed by atoms with E-state index in [9.17, 15) is 18.0 Å². The molecule has 12 heteroatoms. The number of benzene rings is 1. The van der Waals surface area contributed by atoms with Crippen LogP contribution in [0.25, 0.3) is 5.65 Å². The van der Waals surface area contributed by atoms with Gasteiger partial charge < -0.3 is 15.5 Å². The molecule has 1 aliphatic heterocycles. The molecule has 1 fully saturated rings. The van der Waals surface area contributed by atoms with E-state index >= 15 is 0 Å². The van der Waals surface area contributed by atoms with Gasteiger partial charge in [0, 0.05) is 69.7 Å². The van der Waals surface area contributed by atoms with E-state index in [4.69, 9.17) is 0 Å². The summed E-state index contributed by atoms with van der Waals surface area (Å²) in [5.74, 6) is 6.01. The molecule has 0 radical (unpaired) electrons. The first-order chi connectivity index (χ1) is 22.9. The van der Waals surface area contributed by atoms with Crippen molar-refractivity contribution in [2.75, 3.05) is 32.0 Å². The summed E-state index contributed by atoms with van der Waals surface area (Å²) < 4.78 is 45.9. The molecule has 250 valence electrons. The Balaban J connectivity index is 1.10. The van der Waals surface area contributed by atoms with Crippen LogP contribution in [0.3, 0.4) is 0 Å². The topological polar surface area (TPSA) is 82.7 Å².